The number of phenols is 2. The molecule has 0 aliphatic heterocycles. The molecule has 1 rings (SSSR count). The first-order valence-corrected chi connectivity index (χ1v) is 3.91. The lowest BCUT2D eigenvalue weighted by molar-refractivity contribution is -0.386. The molecule has 0 saturated heterocycles. The molecule has 4 N–H and O–H groups in total. The van der Waals surface area contributed by atoms with Gasteiger partial charge in [-0.1, -0.05) is 0 Å². The highest BCUT2D eigenvalue weighted by molar-refractivity contribution is 8.93. The Kier molecular flexibility index (Phi) is 4.86. The van der Waals surface area contributed by atoms with Gasteiger partial charge < -0.3 is 15.9 Å². The molecule has 1 aromatic rings. The van der Waals surface area contributed by atoms with Gasteiger partial charge in [0.05, 0.1) is 11.5 Å². The number of phenolic OH excluding ortho intramolecular Hbond substituents is 2. The molecule has 7 nitrogen and oxygen atoms in total. The van der Waals surface area contributed by atoms with Crippen molar-refractivity contribution in [2.24, 2.45) is 5.73 Å². The predicted octanol–water partition coefficient (Wildman–Crippen LogP) is 0.725. The average molecular weight is 293 g/mol. The summed E-state index contributed by atoms with van der Waals surface area (Å²) >= 11 is 0. The first-order valence-electron chi connectivity index (χ1n) is 3.91. The minimum Gasteiger partial charge on any atom is -0.504 e. The third-order valence-corrected chi connectivity index (χ3v) is 1.77. The highest BCUT2D eigenvalue weighted by atomic mass is 79.9. The summed E-state index contributed by atoms with van der Waals surface area (Å²) in [5, 5.41) is 28.7. The zero-order chi connectivity index (χ0) is 11.6. The summed E-state index contributed by atoms with van der Waals surface area (Å²) in [7, 11) is 0. The van der Waals surface area contributed by atoms with Gasteiger partial charge in [0.25, 0.3) is 0 Å². The average Bonchev–Trinajstić information content (AvgIpc) is 2.20. The van der Waals surface area contributed by atoms with Crippen molar-refractivity contribution in [3.05, 3.63) is 27.8 Å². The van der Waals surface area contributed by atoms with Crippen LogP contribution >= 0.6 is 17.0 Å². The second-order valence-corrected chi connectivity index (χ2v) is 2.75. The molecule has 0 heterocycles. The van der Waals surface area contributed by atoms with E-state index >= 15 is 0 Å². The number of halogens is 1. The predicted molar refractivity (Wildman–Crippen MR) is 60.1 cm³/mol. The maximum atomic E-state index is 11.1. The van der Waals surface area contributed by atoms with Crippen molar-refractivity contribution in [3.63, 3.8) is 0 Å². The number of hydrogen-bond acceptors (Lipinski definition) is 6. The van der Waals surface area contributed by atoms with Crippen molar-refractivity contribution < 1.29 is 19.9 Å². The number of benzene rings is 1. The zero-order valence-corrected chi connectivity index (χ0v) is 9.63. The summed E-state index contributed by atoms with van der Waals surface area (Å²) in [5.74, 6) is -2.15. The number of rotatable bonds is 3. The summed E-state index contributed by atoms with van der Waals surface area (Å²) in [6.07, 6.45) is 0. The fourth-order valence-electron chi connectivity index (χ4n) is 1.02. The summed E-state index contributed by atoms with van der Waals surface area (Å²) in [5.41, 5.74) is 4.21. The van der Waals surface area contributed by atoms with Gasteiger partial charge in [-0.2, -0.15) is 0 Å². The quantitative estimate of drug-likeness (QED) is 0.326. The number of Topliss-reactive ketones (excluding diaryl/α,β-unsaturated/α-hetero) is 1. The van der Waals surface area contributed by atoms with Crippen molar-refractivity contribution in [2.75, 3.05) is 6.54 Å². The highest BCUT2D eigenvalue weighted by Crippen LogP contribution is 2.35. The molecule has 0 aliphatic rings. The molecule has 8 heteroatoms. The first kappa shape index (κ1) is 14.3. The lowest BCUT2D eigenvalue weighted by Crippen LogP contribution is -2.13. The third-order valence-electron chi connectivity index (χ3n) is 1.77. The topological polar surface area (TPSA) is 127 Å². The molecule has 88 valence electrons. The molecule has 0 atom stereocenters. The van der Waals surface area contributed by atoms with E-state index in [0.717, 1.165) is 12.1 Å². The number of carbonyl (C=O) groups excluding carboxylic acids is 1. The smallest absolute Gasteiger partial charge is 0.315 e. The molecule has 0 fully saturated rings. The SMILES string of the molecule is Br.NCC(=O)c1cc(O)c(O)c([N+](=O)[O-])c1. The minimum absolute atomic E-state index is 0. The number of nitro groups is 1. The van der Waals surface area contributed by atoms with E-state index in [1.807, 2.05) is 0 Å². The molecule has 0 aliphatic carbocycles. The number of nitrogens with two attached hydrogens (primary N) is 1. The van der Waals surface area contributed by atoms with Crippen LogP contribution in [0.4, 0.5) is 5.69 Å². The number of carbonyl (C=O) groups is 1. The Morgan fingerprint density at radius 3 is 2.44 bits per heavy atom. The second-order valence-electron chi connectivity index (χ2n) is 2.75. The number of nitrogens with zero attached hydrogens (tertiary/aromatic N) is 1. The van der Waals surface area contributed by atoms with Crippen molar-refractivity contribution >= 4 is 28.5 Å². The summed E-state index contributed by atoms with van der Waals surface area (Å²) < 4.78 is 0. The molecule has 1 aromatic carbocycles. The molecule has 0 radical (unpaired) electrons. The Labute approximate surface area is 100 Å². The number of nitro benzene ring substituents is 1. The maximum Gasteiger partial charge on any atom is 0.315 e. The maximum absolute atomic E-state index is 11.1. The van der Waals surface area contributed by atoms with Crippen LogP contribution in [0.15, 0.2) is 12.1 Å². The second kappa shape index (κ2) is 5.42. The molecular formula is C8H9BrN2O5. The van der Waals surface area contributed by atoms with Gasteiger partial charge in [0.2, 0.25) is 5.75 Å². The van der Waals surface area contributed by atoms with Crippen LogP contribution < -0.4 is 5.73 Å². The van der Waals surface area contributed by atoms with Gasteiger partial charge in [0, 0.05) is 11.6 Å². The van der Waals surface area contributed by atoms with E-state index in [1.165, 1.54) is 0 Å². The van der Waals surface area contributed by atoms with Crippen LogP contribution in [-0.4, -0.2) is 27.5 Å². The largest absolute Gasteiger partial charge is 0.504 e. The van der Waals surface area contributed by atoms with E-state index in [-0.39, 0.29) is 29.1 Å². The van der Waals surface area contributed by atoms with E-state index in [0.29, 0.717) is 0 Å². The Balaban J connectivity index is 0.00000225. The van der Waals surface area contributed by atoms with E-state index < -0.39 is 27.9 Å². The molecule has 0 aromatic heterocycles. The van der Waals surface area contributed by atoms with E-state index in [1.54, 1.807) is 0 Å². The number of hydrogen-bond donors (Lipinski definition) is 3. The van der Waals surface area contributed by atoms with E-state index in [9.17, 15) is 14.9 Å². The fraction of sp³-hybridized carbons (Fsp3) is 0.125. The van der Waals surface area contributed by atoms with Crippen LogP contribution in [0.1, 0.15) is 10.4 Å². The van der Waals surface area contributed by atoms with Gasteiger partial charge >= 0.3 is 5.69 Å². The van der Waals surface area contributed by atoms with Crippen LogP contribution in [0.3, 0.4) is 0 Å². The van der Waals surface area contributed by atoms with Crippen LogP contribution in [0.25, 0.3) is 0 Å². The van der Waals surface area contributed by atoms with Gasteiger partial charge in [-0.25, -0.2) is 0 Å². The molecule has 0 unspecified atom stereocenters. The molecular weight excluding hydrogens is 284 g/mol. The van der Waals surface area contributed by atoms with Crippen LogP contribution in [0, 0.1) is 10.1 Å². The van der Waals surface area contributed by atoms with Crippen molar-refractivity contribution in [1.82, 2.24) is 0 Å². The van der Waals surface area contributed by atoms with E-state index in [4.69, 9.17) is 15.9 Å². The Morgan fingerprint density at radius 1 is 1.44 bits per heavy atom. The van der Waals surface area contributed by atoms with Gasteiger partial charge in [-0.05, 0) is 6.07 Å². The third kappa shape index (κ3) is 2.67. The molecule has 0 bridgehead atoms. The summed E-state index contributed by atoms with van der Waals surface area (Å²) in [4.78, 5) is 20.6. The first-order chi connectivity index (χ1) is 6.97. The van der Waals surface area contributed by atoms with E-state index in [2.05, 4.69) is 0 Å². The number of ketones is 1. The Bertz CT molecular complexity index is 435. The van der Waals surface area contributed by atoms with Gasteiger partial charge in [0.1, 0.15) is 0 Å². The molecule has 16 heavy (non-hydrogen) atoms. The fourth-order valence-corrected chi connectivity index (χ4v) is 1.02. The lowest BCUT2D eigenvalue weighted by Gasteiger charge is -2.02. The van der Waals surface area contributed by atoms with Crippen LogP contribution in [-0.2, 0) is 0 Å². The number of aromatic hydroxyl groups is 2. The van der Waals surface area contributed by atoms with Gasteiger partial charge in [0.15, 0.2) is 11.5 Å². The van der Waals surface area contributed by atoms with Crippen molar-refractivity contribution in [3.8, 4) is 11.5 Å². The monoisotopic (exact) mass is 292 g/mol. The Hall–Kier alpha value is -1.67. The highest BCUT2D eigenvalue weighted by Gasteiger charge is 2.20. The normalized spacial score (nSPS) is 9.31. The van der Waals surface area contributed by atoms with Gasteiger partial charge in [-0.3, -0.25) is 14.9 Å². The van der Waals surface area contributed by atoms with Crippen molar-refractivity contribution in [1.29, 1.82) is 0 Å². The lowest BCUT2D eigenvalue weighted by atomic mass is 10.1. The summed E-state index contributed by atoms with van der Waals surface area (Å²) in [6, 6.07) is 1.79. The minimum atomic E-state index is -0.900. The Morgan fingerprint density at radius 2 is 2.00 bits per heavy atom. The zero-order valence-electron chi connectivity index (χ0n) is 7.91. The molecule has 0 amide bonds. The van der Waals surface area contributed by atoms with Crippen LogP contribution in [0.5, 0.6) is 11.5 Å². The summed E-state index contributed by atoms with van der Waals surface area (Å²) in [6.45, 7) is -0.332. The van der Waals surface area contributed by atoms with Gasteiger partial charge in [-0.15, -0.1) is 17.0 Å². The molecule has 0 spiro atoms. The van der Waals surface area contributed by atoms with Crippen molar-refractivity contribution in [2.45, 2.75) is 0 Å². The standard InChI is InChI=1S/C8H8N2O5.BrH/c9-3-7(12)4-1-5(10(14)15)8(13)6(11)2-4;/h1-2,11,13H,3,9H2;1H. The van der Waals surface area contributed by atoms with Crippen LogP contribution in [0.2, 0.25) is 0 Å². The molecule has 0 saturated carbocycles.